The van der Waals surface area contributed by atoms with E-state index in [9.17, 15) is 27.7 Å². The smallest absolute Gasteiger partial charge is 0.326 e. The number of phenolic OH excluding ortho intramolecular Hbond substituents is 1. The van der Waals surface area contributed by atoms with Crippen LogP contribution in [0.25, 0.3) is 10.8 Å². The molecule has 18 nitrogen and oxygen atoms in total. The maximum atomic E-state index is 12.3. The summed E-state index contributed by atoms with van der Waals surface area (Å²) < 4.78 is 39.6. The highest BCUT2D eigenvalue weighted by molar-refractivity contribution is 7.86. The monoisotopic (exact) mass is 675 g/mol. The van der Waals surface area contributed by atoms with Gasteiger partial charge in [0.25, 0.3) is 10.1 Å². The molecule has 4 rings (SSSR count). The average molecular weight is 676 g/mol. The van der Waals surface area contributed by atoms with E-state index in [1.54, 1.807) is 24.3 Å². The summed E-state index contributed by atoms with van der Waals surface area (Å²) in [5.41, 5.74) is 0.158. The molecule has 0 aliphatic rings. The van der Waals surface area contributed by atoms with Gasteiger partial charge < -0.3 is 29.7 Å². The minimum Gasteiger partial charge on any atom is -0.505 e. The summed E-state index contributed by atoms with van der Waals surface area (Å²) in [6.45, 7) is -0.0566. The number of nitrogens with one attached hydrogen (secondary N) is 1. The number of ether oxygens (including phenoxy) is 1. The summed E-state index contributed by atoms with van der Waals surface area (Å²) in [5, 5.41) is 21.8. The van der Waals surface area contributed by atoms with E-state index in [4.69, 9.17) is 28.1 Å². The fourth-order valence-electron chi connectivity index (χ4n) is 4.03. The van der Waals surface area contributed by atoms with Gasteiger partial charge in [0.2, 0.25) is 17.2 Å². The Morgan fingerprint density at radius 3 is 2.22 bits per heavy atom. The number of hydrogen-bond acceptors (Lipinski definition) is 17. The molecule has 0 saturated heterocycles. The van der Waals surface area contributed by atoms with Crippen LogP contribution in [-0.4, -0.2) is 65.2 Å². The minimum atomic E-state index is -4.87. The molecule has 0 bridgehead atoms. The number of halogens is 1. The van der Waals surface area contributed by atoms with Crippen molar-refractivity contribution >= 4 is 73.4 Å². The molecule has 0 fully saturated rings. The summed E-state index contributed by atoms with van der Waals surface area (Å²) in [4.78, 5) is 44.7. The van der Waals surface area contributed by atoms with E-state index in [0.717, 1.165) is 6.07 Å². The standard InChI is InChI=1S/C26H26ClN9O9S/c1-43-17-5-2-15(3-6-17)34-35-22-19(46(40,41)42)13-14-12-16(4-7-18(14)23(22)39)30-25-31-24(27)32-26(33-25)36(10-8-20(37)44-28)11-9-21(38)45-29/h2-7,12-13,39H,8-11,28-29H2,1H3,(H,40,41,42)(H,30,31,32,33). The second-order valence-electron chi connectivity index (χ2n) is 9.20. The Morgan fingerprint density at radius 1 is 0.978 bits per heavy atom. The predicted octanol–water partition coefficient (Wildman–Crippen LogP) is 3.22. The maximum absolute atomic E-state index is 12.3. The van der Waals surface area contributed by atoms with Gasteiger partial charge in [0.15, 0.2) is 5.75 Å². The fraction of sp³-hybridized carbons (Fsp3) is 0.192. The first kappa shape index (κ1) is 33.7. The fourth-order valence-corrected chi connectivity index (χ4v) is 4.84. The predicted molar refractivity (Wildman–Crippen MR) is 163 cm³/mol. The van der Waals surface area contributed by atoms with Gasteiger partial charge in [-0.1, -0.05) is 0 Å². The lowest BCUT2D eigenvalue weighted by atomic mass is 10.1. The van der Waals surface area contributed by atoms with Crippen molar-refractivity contribution in [3.63, 3.8) is 0 Å². The number of benzene rings is 3. The number of nitrogens with zero attached hydrogens (tertiary/aromatic N) is 6. The Hall–Kier alpha value is -5.21. The van der Waals surface area contributed by atoms with E-state index < -0.39 is 38.4 Å². The number of hydrogen-bond donors (Lipinski definition) is 5. The zero-order valence-electron chi connectivity index (χ0n) is 23.8. The Kier molecular flexibility index (Phi) is 10.8. The van der Waals surface area contributed by atoms with Crippen molar-refractivity contribution in [3.05, 3.63) is 53.8 Å². The molecule has 0 unspecified atom stereocenters. The van der Waals surface area contributed by atoms with Crippen LogP contribution < -0.4 is 26.7 Å². The van der Waals surface area contributed by atoms with Crippen LogP contribution in [-0.2, 0) is 29.4 Å². The number of carbonyl (C=O) groups is 2. The number of rotatable bonds is 13. The lowest BCUT2D eigenvalue weighted by Crippen LogP contribution is -2.32. The average Bonchev–Trinajstić information content (AvgIpc) is 3.03. The third kappa shape index (κ3) is 8.49. The highest BCUT2D eigenvalue weighted by atomic mass is 35.5. The first-order valence-corrected chi connectivity index (χ1v) is 14.8. The first-order chi connectivity index (χ1) is 21.9. The molecular weight excluding hydrogens is 650 g/mol. The third-order valence-corrected chi connectivity index (χ3v) is 7.27. The number of aromatic hydroxyl groups is 1. The summed E-state index contributed by atoms with van der Waals surface area (Å²) in [7, 11) is -3.38. The van der Waals surface area contributed by atoms with Crippen LogP contribution in [0.3, 0.4) is 0 Å². The van der Waals surface area contributed by atoms with Gasteiger partial charge in [-0.15, -0.1) is 5.11 Å². The van der Waals surface area contributed by atoms with Crippen molar-refractivity contribution in [3.8, 4) is 11.5 Å². The lowest BCUT2D eigenvalue weighted by Gasteiger charge is -2.22. The molecule has 1 aromatic heterocycles. The van der Waals surface area contributed by atoms with Crippen LogP contribution in [0.1, 0.15) is 12.8 Å². The van der Waals surface area contributed by atoms with Crippen molar-refractivity contribution in [2.75, 3.05) is 30.4 Å². The van der Waals surface area contributed by atoms with E-state index >= 15 is 0 Å². The Balaban J connectivity index is 1.67. The van der Waals surface area contributed by atoms with Crippen molar-refractivity contribution in [2.24, 2.45) is 22.0 Å². The van der Waals surface area contributed by atoms with Crippen molar-refractivity contribution in [2.45, 2.75) is 17.7 Å². The molecule has 3 aromatic carbocycles. The number of nitrogens with two attached hydrogens (primary N) is 2. The number of carbonyl (C=O) groups excluding carboxylic acids is 2. The van der Waals surface area contributed by atoms with Crippen molar-refractivity contribution in [1.82, 2.24) is 15.0 Å². The second-order valence-corrected chi connectivity index (χ2v) is 10.9. The van der Waals surface area contributed by atoms with E-state index in [1.165, 1.54) is 30.2 Å². The van der Waals surface area contributed by atoms with Crippen LogP contribution in [0.15, 0.2) is 63.7 Å². The molecule has 242 valence electrons. The van der Waals surface area contributed by atoms with Gasteiger partial charge in [0.05, 0.1) is 25.6 Å². The number of methoxy groups -OCH3 is 1. The molecule has 0 saturated carbocycles. The first-order valence-electron chi connectivity index (χ1n) is 13.0. The maximum Gasteiger partial charge on any atom is 0.326 e. The van der Waals surface area contributed by atoms with Gasteiger partial charge in [0, 0.05) is 24.2 Å². The summed E-state index contributed by atoms with van der Waals surface area (Å²) in [5.74, 6) is 8.24. The Morgan fingerprint density at radius 2 is 1.63 bits per heavy atom. The molecule has 4 aromatic rings. The van der Waals surface area contributed by atoms with Gasteiger partial charge in [-0.3, -0.25) is 14.1 Å². The zero-order valence-corrected chi connectivity index (χ0v) is 25.4. The third-order valence-electron chi connectivity index (χ3n) is 6.24. The Bertz CT molecular complexity index is 1870. The summed E-state index contributed by atoms with van der Waals surface area (Å²) in [6, 6.07) is 11.9. The topological polar surface area (TPSA) is 267 Å². The highest BCUT2D eigenvalue weighted by Gasteiger charge is 2.23. The highest BCUT2D eigenvalue weighted by Crippen LogP contribution is 2.42. The van der Waals surface area contributed by atoms with Gasteiger partial charge in [-0.25, -0.2) is 0 Å². The van der Waals surface area contributed by atoms with Gasteiger partial charge in [0.1, 0.15) is 16.3 Å². The SMILES string of the molecule is COc1ccc(N=Nc2c(S(=O)(=O)O)cc3cc(Nc4nc(Cl)nc(N(CCC(=O)ON)CCC(=O)ON)n4)ccc3c2O)cc1. The number of anilines is 3. The molecule has 7 N–H and O–H groups in total. The van der Waals surface area contributed by atoms with Crippen molar-refractivity contribution in [1.29, 1.82) is 0 Å². The van der Waals surface area contributed by atoms with E-state index in [0.29, 0.717) is 17.1 Å². The van der Waals surface area contributed by atoms with Gasteiger partial charge in [-0.05, 0) is 65.5 Å². The second kappa shape index (κ2) is 14.7. The van der Waals surface area contributed by atoms with Crippen LogP contribution >= 0.6 is 11.6 Å². The van der Waals surface area contributed by atoms with Crippen LogP contribution in [0.4, 0.5) is 29.0 Å². The molecular formula is C26H26ClN9O9S. The number of fused-ring (bicyclic) bond motifs is 1. The van der Waals surface area contributed by atoms with Crippen LogP contribution in [0.5, 0.6) is 11.5 Å². The number of azo groups is 1. The summed E-state index contributed by atoms with van der Waals surface area (Å²) in [6.07, 6.45) is -0.377. The lowest BCUT2D eigenvalue weighted by molar-refractivity contribution is -0.144. The van der Waals surface area contributed by atoms with E-state index in [1.807, 2.05) is 0 Å². The number of aromatic nitrogens is 3. The molecule has 1 heterocycles. The van der Waals surface area contributed by atoms with Crippen molar-refractivity contribution < 1.29 is 42.1 Å². The molecule has 0 aliphatic carbocycles. The minimum absolute atomic E-state index is 0.0283. The van der Waals surface area contributed by atoms with E-state index in [-0.39, 0.29) is 53.9 Å². The van der Waals surface area contributed by atoms with Gasteiger partial charge in [-0.2, -0.15) is 40.3 Å². The molecule has 0 spiro atoms. The van der Waals surface area contributed by atoms with Crippen LogP contribution in [0, 0.1) is 0 Å². The molecule has 46 heavy (non-hydrogen) atoms. The Labute approximate surface area is 265 Å². The largest absolute Gasteiger partial charge is 0.505 e. The quantitative estimate of drug-likeness (QED) is 0.0773. The van der Waals surface area contributed by atoms with E-state index in [2.05, 4.69) is 40.2 Å². The molecule has 0 radical (unpaired) electrons. The number of phenols is 1. The van der Waals surface area contributed by atoms with Gasteiger partial charge >= 0.3 is 11.9 Å². The molecule has 0 amide bonds. The zero-order chi connectivity index (χ0) is 33.4. The molecule has 20 heteroatoms. The molecule has 0 atom stereocenters. The van der Waals surface area contributed by atoms with Crippen LogP contribution in [0.2, 0.25) is 5.28 Å². The molecule has 0 aliphatic heterocycles. The normalized spacial score (nSPS) is 11.4. The summed E-state index contributed by atoms with van der Waals surface area (Å²) >= 11 is 6.13.